The third-order valence-corrected chi connectivity index (χ3v) is 17.7. The van der Waals surface area contributed by atoms with Crippen LogP contribution in [0.15, 0.2) is 76.3 Å². The molecule has 0 bridgehead atoms. The van der Waals surface area contributed by atoms with Crippen LogP contribution in [-0.4, -0.2) is 85.5 Å². The zero-order valence-electron chi connectivity index (χ0n) is 49.8. The van der Waals surface area contributed by atoms with Crippen molar-refractivity contribution in [1.82, 2.24) is 39.2 Å². The van der Waals surface area contributed by atoms with E-state index in [1.54, 1.807) is 39.1 Å². The van der Waals surface area contributed by atoms with Crippen LogP contribution in [0.5, 0.6) is 11.5 Å². The Morgan fingerprint density at radius 2 is 1.03 bits per heavy atom. The van der Waals surface area contributed by atoms with Crippen LogP contribution in [0.4, 0.5) is 38.5 Å². The molecule has 4 aromatic carbocycles. The maximum atomic E-state index is 15.6. The van der Waals surface area contributed by atoms with Gasteiger partial charge in [0.25, 0.3) is 22.9 Å². The number of amides is 2. The fraction of sp³-hybridized carbons (Fsp3) is 0.375. The van der Waals surface area contributed by atoms with Crippen LogP contribution in [0.2, 0.25) is 0 Å². The third kappa shape index (κ3) is 9.86. The van der Waals surface area contributed by atoms with Crippen LogP contribution in [0.25, 0.3) is 43.5 Å². The predicted molar refractivity (Wildman–Crippen MR) is 340 cm³/mol. The van der Waals surface area contributed by atoms with Crippen molar-refractivity contribution in [2.45, 2.75) is 144 Å². The molecule has 0 unspecified atom stereocenters. The summed E-state index contributed by atoms with van der Waals surface area (Å²) in [5, 5.41) is 10.2. The molecule has 2 aliphatic carbocycles. The number of aryl methyl sites for hydroxylation is 5. The van der Waals surface area contributed by atoms with Gasteiger partial charge < -0.3 is 29.2 Å². The Kier molecular flexibility index (Phi) is 16.1. The second kappa shape index (κ2) is 23.6. The number of anilines is 4. The number of thiocarbonyl (C=S) groups is 2. The lowest BCUT2D eigenvalue weighted by atomic mass is 9.94. The number of aromatic amines is 2. The molecular formula is C64H65FN14O6S2. The largest absolute Gasteiger partial charge is 0.493 e. The van der Waals surface area contributed by atoms with E-state index in [9.17, 15) is 19.2 Å². The molecule has 4 aromatic heterocycles. The highest BCUT2D eigenvalue weighted by atomic mass is 32.1. The Morgan fingerprint density at radius 1 is 0.598 bits per heavy atom. The predicted octanol–water partition coefficient (Wildman–Crippen LogP) is 12.2. The van der Waals surface area contributed by atoms with Crippen molar-refractivity contribution < 1.29 is 23.5 Å². The van der Waals surface area contributed by atoms with Crippen LogP contribution in [0.1, 0.15) is 126 Å². The molecule has 2 saturated carbocycles. The molecule has 2 amide bonds. The molecule has 4 aliphatic rings. The number of carbonyl (C=O) groups excluding carboxylic acids is 2. The number of benzene rings is 4. The number of nitrogens with one attached hydrogen (secondary N) is 2. The van der Waals surface area contributed by atoms with Crippen LogP contribution in [-0.2, 0) is 22.4 Å². The van der Waals surface area contributed by atoms with Gasteiger partial charge in [-0.05, 0) is 170 Å². The Hall–Kier alpha value is -9.19. The summed E-state index contributed by atoms with van der Waals surface area (Å²) in [7, 11) is 0. The van der Waals surface area contributed by atoms with Gasteiger partial charge in [0, 0.05) is 29.9 Å². The van der Waals surface area contributed by atoms with E-state index in [0.717, 1.165) is 49.9 Å². The fourth-order valence-corrected chi connectivity index (χ4v) is 13.8. The number of ether oxygens (including phenoxy) is 2. The summed E-state index contributed by atoms with van der Waals surface area (Å²) < 4.78 is 30.8. The lowest BCUT2D eigenvalue weighted by molar-refractivity contribution is -0.122. The van der Waals surface area contributed by atoms with Gasteiger partial charge in [0.05, 0.1) is 54.6 Å². The molecule has 12 rings (SSSR count). The van der Waals surface area contributed by atoms with Crippen LogP contribution in [0.3, 0.4) is 0 Å². The Morgan fingerprint density at radius 3 is 1.47 bits per heavy atom. The number of aromatic nitrogens is 8. The molecule has 0 atom stereocenters. The molecule has 20 nitrogen and oxygen atoms in total. The van der Waals surface area contributed by atoms with Gasteiger partial charge >= 0.3 is 0 Å². The first kappa shape index (κ1) is 59.5. The zero-order valence-corrected chi connectivity index (χ0v) is 51.4. The minimum atomic E-state index is -0.999. The fourth-order valence-electron chi connectivity index (χ4n) is 12.9. The van der Waals surface area contributed by atoms with Crippen LogP contribution in [0, 0.1) is 46.7 Å². The standard InChI is InChI=1S/C32H32FN7O3S.C32H33N7O3S/c1-6-10-25-35-19(4)27-29(41)36-28(37-40(25)27)21-17-20(11-14-24(21)43-7-2)39-31(44)38(30(42)32(39)15-8-9-16-32)23-13-12-22(34-5)18(3)26(23)33;1-6-10-26-34-20(4)27-29(40)35-28(36-39(26)27)23-18-22(12-14-25(23)42-7-2)38-31(43)37(30(41)32(38)15-8-9-16-32)21-11-13-24(33-5)19(3)17-21/h11-14,17H,6-10,15-16H2,1-4H3,(H,36,37,41);11-14,17-18H,6-10,15-16H2,1-4H3,(H,35,36,40). The average Bonchev–Trinajstić information content (AvgIpc) is 2.95. The maximum absolute atomic E-state index is 15.6. The molecule has 2 N–H and O–H groups in total. The minimum Gasteiger partial charge on any atom is -0.493 e. The summed E-state index contributed by atoms with van der Waals surface area (Å²) in [5.74, 6) is 2.09. The lowest BCUT2D eigenvalue weighted by Gasteiger charge is -2.33. The molecule has 2 saturated heterocycles. The maximum Gasteiger partial charge on any atom is 0.277 e. The van der Waals surface area contributed by atoms with E-state index in [1.807, 2.05) is 80.8 Å². The smallest absolute Gasteiger partial charge is 0.277 e. The molecule has 8 aromatic rings. The Balaban J connectivity index is 0.000000180. The van der Waals surface area contributed by atoms with Gasteiger partial charge in [-0.2, -0.15) is 0 Å². The van der Waals surface area contributed by atoms with E-state index in [0.29, 0.717) is 136 Å². The SMILES string of the molecule is [C-]#[N+]c1ccc(N2C(=O)C3(CCCC3)N(c3ccc(OCC)c(-c4nn5c(CCC)nc(C)c5c(=O)[nH]4)c3)C2=S)c(F)c1C.[C-]#[N+]c1ccc(N2C(=O)C3(CCCC3)N(c3ccc(OCC)c(-c4nn5c(CCC)nc(C)c5c(=O)[nH]4)c3)C2=S)cc1C. The molecule has 446 valence electrons. The van der Waals surface area contributed by atoms with Gasteiger partial charge in [-0.25, -0.2) is 33.1 Å². The molecule has 6 heterocycles. The number of carbonyl (C=O) groups is 2. The molecule has 4 fully saturated rings. The first-order chi connectivity index (χ1) is 41.9. The van der Waals surface area contributed by atoms with E-state index in [2.05, 4.69) is 36.5 Å². The zero-order chi connectivity index (χ0) is 61.8. The van der Waals surface area contributed by atoms with E-state index < -0.39 is 16.9 Å². The molecule has 0 radical (unpaired) electrons. The van der Waals surface area contributed by atoms with E-state index >= 15 is 4.39 Å². The van der Waals surface area contributed by atoms with Gasteiger partial charge in [-0.3, -0.25) is 29.0 Å². The van der Waals surface area contributed by atoms with E-state index in [1.165, 1.54) is 24.0 Å². The number of hydrogen-bond donors (Lipinski definition) is 2. The van der Waals surface area contributed by atoms with Crippen molar-refractivity contribution in [3.05, 3.63) is 150 Å². The van der Waals surface area contributed by atoms with Crippen molar-refractivity contribution in [1.29, 1.82) is 0 Å². The number of imidazole rings is 2. The molecule has 87 heavy (non-hydrogen) atoms. The van der Waals surface area contributed by atoms with Crippen molar-refractivity contribution in [2.75, 3.05) is 32.8 Å². The Labute approximate surface area is 512 Å². The third-order valence-electron chi connectivity index (χ3n) is 16.9. The van der Waals surface area contributed by atoms with Gasteiger partial charge in [0.15, 0.2) is 44.3 Å². The van der Waals surface area contributed by atoms with Crippen LogP contribution < -0.4 is 40.2 Å². The highest BCUT2D eigenvalue weighted by molar-refractivity contribution is 7.81. The highest BCUT2D eigenvalue weighted by Gasteiger charge is 2.59. The average molecular weight is 1210 g/mol. The van der Waals surface area contributed by atoms with Crippen molar-refractivity contribution in [3.63, 3.8) is 0 Å². The summed E-state index contributed by atoms with van der Waals surface area (Å²) in [4.78, 5) is 83.7. The highest BCUT2D eigenvalue weighted by Crippen LogP contribution is 2.50. The number of halogens is 1. The molecule has 23 heteroatoms. The number of hydrogen-bond acceptors (Lipinski definition) is 12. The number of rotatable bonds is 14. The van der Waals surface area contributed by atoms with Crippen molar-refractivity contribution >= 4 is 91.6 Å². The van der Waals surface area contributed by atoms with Crippen LogP contribution >= 0.6 is 24.4 Å². The molecule has 2 aliphatic heterocycles. The van der Waals surface area contributed by atoms with Gasteiger partial charge in [0.2, 0.25) is 0 Å². The summed E-state index contributed by atoms with van der Waals surface area (Å²) in [6.07, 6.45) is 8.89. The topological polar surface area (TPSA) is 200 Å². The number of fused-ring (bicyclic) bond motifs is 2. The summed E-state index contributed by atoms with van der Waals surface area (Å²) in [5.41, 5.74) is 4.38. The minimum absolute atomic E-state index is 0.0280. The molecular weight excluding hydrogens is 1140 g/mol. The molecule has 2 spiro atoms. The lowest BCUT2D eigenvalue weighted by Crippen LogP contribution is -2.47. The van der Waals surface area contributed by atoms with E-state index in [4.69, 9.17) is 57.3 Å². The normalized spacial score (nSPS) is 16.0. The van der Waals surface area contributed by atoms with E-state index in [-0.39, 0.29) is 50.8 Å². The van der Waals surface area contributed by atoms with Crippen molar-refractivity contribution in [3.8, 4) is 34.3 Å². The summed E-state index contributed by atoms with van der Waals surface area (Å²) in [6.45, 7) is 30.4. The number of nitrogens with zero attached hydrogens (tertiary/aromatic N) is 12. The van der Waals surface area contributed by atoms with Gasteiger partial charge in [-0.15, -0.1) is 10.2 Å². The quantitative estimate of drug-likeness (QED) is 0.0769. The summed E-state index contributed by atoms with van der Waals surface area (Å²) >= 11 is 12.0. The number of H-pyrrole nitrogens is 2. The second-order valence-corrected chi connectivity index (χ2v) is 23.0. The van der Waals surface area contributed by atoms with Gasteiger partial charge in [-0.1, -0.05) is 51.7 Å². The first-order valence-corrected chi connectivity index (χ1v) is 30.3. The first-order valence-electron chi connectivity index (χ1n) is 29.4. The van der Waals surface area contributed by atoms with Crippen molar-refractivity contribution in [2.24, 2.45) is 0 Å². The monoisotopic (exact) mass is 1210 g/mol. The van der Waals surface area contributed by atoms with Gasteiger partial charge in [0.1, 0.15) is 40.0 Å². The second-order valence-electron chi connectivity index (χ2n) is 22.3. The summed E-state index contributed by atoms with van der Waals surface area (Å²) in [6, 6.07) is 19.4. The Bertz CT molecular complexity index is 4370.